The predicted molar refractivity (Wildman–Crippen MR) is 87.1 cm³/mol. The molecule has 0 spiro atoms. The molecule has 0 aliphatic carbocycles. The number of hydrogen-bond acceptors (Lipinski definition) is 3. The summed E-state index contributed by atoms with van der Waals surface area (Å²) in [6.45, 7) is 3.50. The monoisotopic (exact) mass is 327 g/mol. The second-order valence-corrected chi connectivity index (χ2v) is 5.65. The molecule has 0 saturated heterocycles. The van der Waals surface area contributed by atoms with Crippen molar-refractivity contribution in [3.63, 3.8) is 0 Å². The number of benzene rings is 1. The summed E-state index contributed by atoms with van der Waals surface area (Å²) in [5.74, 6) is 0.993. The van der Waals surface area contributed by atoms with E-state index in [0.29, 0.717) is 28.5 Å². The second-order valence-electron chi connectivity index (χ2n) is 5.65. The average molecular weight is 327 g/mol. The molecule has 124 valence electrons. The fourth-order valence-electron chi connectivity index (χ4n) is 2.71. The third-order valence-corrected chi connectivity index (χ3v) is 3.89. The van der Waals surface area contributed by atoms with Crippen molar-refractivity contribution < 1.29 is 13.6 Å². The number of carbonyl (C=O) groups excluding carboxylic acids is 1. The first-order chi connectivity index (χ1) is 11.5. The summed E-state index contributed by atoms with van der Waals surface area (Å²) < 4.78 is 21.5. The molecule has 0 bridgehead atoms. The molecule has 0 aliphatic heterocycles. The van der Waals surface area contributed by atoms with E-state index in [1.54, 1.807) is 62.1 Å². The fraction of sp³-hybridized carbons (Fsp3) is 0.222. The molecule has 5 nitrogen and oxygen atoms in total. The Hall–Kier alpha value is -2.89. The van der Waals surface area contributed by atoms with Gasteiger partial charge in [-0.2, -0.15) is 0 Å². The van der Waals surface area contributed by atoms with Gasteiger partial charge in [0.05, 0.1) is 5.56 Å². The van der Waals surface area contributed by atoms with E-state index in [4.69, 9.17) is 4.42 Å². The van der Waals surface area contributed by atoms with Crippen LogP contribution in [0.25, 0.3) is 0 Å². The highest BCUT2D eigenvalue weighted by Crippen LogP contribution is 2.24. The van der Waals surface area contributed by atoms with Gasteiger partial charge in [0.25, 0.3) is 5.91 Å². The minimum Gasteiger partial charge on any atom is -0.466 e. The molecule has 0 aliphatic rings. The summed E-state index contributed by atoms with van der Waals surface area (Å²) in [6.07, 6.45) is 3.37. The largest absolute Gasteiger partial charge is 0.466 e. The zero-order valence-corrected chi connectivity index (χ0v) is 13.7. The Kier molecular flexibility index (Phi) is 4.20. The number of hydrogen-bond donors (Lipinski definition) is 1. The van der Waals surface area contributed by atoms with Crippen molar-refractivity contribution in [1.82, 2.24) is 14.9 Å². The maximum Gasteiger partial charge on any atom is 0.255 e. The molecule has 3 aromatic rings. The van der Waals surface area contributed by atoms with Gasteiger partial charge in [-0.1, -0.05) is 18.2 Å². The fourth-order valence-corrected chi connectivity index (χ4v) is 2.71. The number of rotatable bonds is 4. The van der Waals surface area contributed by atoms with Crippen molar-refractivity contribution in [2.24, 2.45) is 7.05 Å². The van der Waals surface area contributed by atoms with E-state index >= 15 is 0 Å². The van der Waals surface area contributed by atoms with E-state index in [2.05, 4.69) is 10.3 Å². The zero-order chi connectivity index (χ0) is 17.3. The van der Waals surface area contributed by atoms with E-state index in [-0.39, 0.29) is 5.91 Å². The van der Waals surface area contributed by atoms with Crippen molar-refractivity contribution in [3.05, 3.63) is 77.0 Å². The molecule has 1 aromatic carbocycles. The Morgan fingerprint density at radius 1 is 1.33 bits per heavy atom. The number of aromatic nitrogens is 2. The van der Waals surface area contributed by atoms with Crippen LogP contribution in [0.2, 0.25) is 0 Å². The lowest BCUT2D eigenvalue weighted by atomic mass is 10.0. The normalized spacial score (nSPS) is 12.2. The van der Waals surface area contributed by atoms with Crippen LogP contribution in [0.4, 0.5) is 4.39 Å². The van der Waals surface area contributed by atoms with Crippen LogP contribution >= 0.6 is 0 Å². The third-order valence-electron chi connectivity index (χ3n) is 3.89. The minimum atomic E-state index is -0.701. The number of nitrogens with zero attached hydrogens (tertiary/aromatic N) is 2. The van der Waals surface area contributed by atoms with Gasteiger partial charge in [-0.25, -0.2) is 9.37 Å². The lowest BCUT2D eigenvalue weighted by Crippen LogP contribution is -2.31. The number of nitrogens with one attached hydrogen (secondary N) is 1. The maximum absolute atomic E-state index is 14.3. The van der Waals surface area contributed by atoms with Crippen molar-refractivity contribution in [1.29, 1.82) is 0 Å². The second kappa shape index (κ2) is 6.31. The number of halogens is 1. The van der Waals surface area contributed by atoms with Crippen molar-refractivity contribution in [2.75, 3.05) is 0 Å². The Morgan fingerprint density at radius 2 is 2.08 bits per heavy atom. The van der Waals surface area contributed by atoms with E-state index in [1.165, 1.54) is 6.07 Å². The van der Waals surface area contributed by atoms with Gasteiger partial charge in [0, 0.05) is 25.0 Å². The van der Waals surface area contributed by atoms with Gasteiger partial charge in [-0.05, 0) is 26.0 Å². The molecule has 3 rings (SSSR count). The SMILES string of the molecule is Cc1cc(C(=O)N[C@H](c2ccccc2F)c2nccn2C)c(C)o1. The molecule has 1 amide bonds. The highest BCUT2D eigenvalue weighted by atomic mass is 19.1. The molecule has 2 heterocycles. The number of carbonyl (C=O) groups is 1. The lowest BCUT2D eigenvalue weighted by Gasteiger charge is -2.19. The highest BCUT2D eigenvalue weighted by molar-refractivity contribution is 5.95. The minimum absolute atomic E-state index is 0.333. The summed E-state index contributed by atoms with van der Waals surface area (Å²) in [5, 5.41) is 2.87. The molecule has 1 N–H and O–H groups in total. The van der Waals surface area contributed by atoms with E-state index in [1.807, 2.05) is 0 Å². The number of amides is 1. The Morgan fingerprint density at radius 3 is 2.67 bits per heavy atom. The molecule has 24 heavy (non-hydrogen) atoms. The van der Waals surface area contributed by atoms with E-state index in [0.717, 1.165) is 0 Å². The van der Waals surface area contributed by atoms with Crippen LogP contribution < -0.4 is 5.32 Å². The van der Waals surface area contributed by atoms with Crippen LogP contribution in [0, 0.1) is 19.7 Å². The Balaban J connectivity index is 2.00. The van der Waals surface area contributed by atoms with Crippen molar-refractivity contribution >= 4 is 5.91 Å². The van der Waals surface area contributed by atoms with Crippen molar-refractivity contribution in [3.8, 4) is 0 Å². The Bertz CT molecular complexity index is 882. The van der Waals surface area contributed by atoms with Crippen molar-refractivity contribution in [2.45, 2.75) is 19.9 Å². The molecular weight excluding hydrogens is 309 g/mol. The zero-order valence-electron chi connectivity index (χ0n) is 13.7. The first-order valence-electron chi connectivity index (χ1n) is 7.57. The van der Waals surface area contributed by atoms with Crippen LogP contribution in [-0.4, -0.2) is 15.5 Å². The predicted octanol–water partition coefficient (Wildman–Crippen LogP) is 3.29. The first-order valence-corrected chi connectivity index (χ1v) is 7.57. The van der Waals surface area contributed by atoms with Gasteiger partial charge < -0.3 is 14.3 Å². The molecule has 0 radical (unpaired) electrons. The number of aryl methyl sites for hydroxylation is 3. The summed E-state index contributed by atoms with van der Waals surface area (Å²) >= 11 is 0. The quantitative estimate of drug-likeness (QED) is 0.800. The smallest absolute Gasteiger partial charge is 0.255 e. The summed E-state index contributed by atoms with van der Waals surface area (Å²) in [4.78, 5) is 16.9. The Labute approximate surface area is 139 Å². The maximum atomic E-state index is 14.3. The standard InChI is InChI=1S/C18H18FN3O2/c1-11-10-14(12(2)24-11)18(23)21-16(17-20-8-9-22(17)3)13-6-4-5-7-15(13)19/h4-10,16H,1-3H3,(H,21,23)/t16-/m1/s1. The summed E-state index contributed by atoms with van der Waals surface area (Å²) in [7, 11) is 1.80. The number of imidazole rings is 1. The van der Waals surface area contributed by atoms with Gasteiger partial charge in [-0.15, -0.1) is 0 Å². The van der Waals surface area contributed by atoms with Crippen LogP contribution in [0.3, 0.4) is 0 Å². The van der Waals surface area contributed by atoms with Gasteiger partial charge in [0.1, 0.15) is 29.2 Å². The molecule has 0 unspecified atom stereocenters. The molecular formula is C18H18FN3O2. The average Bonchev–Trinajstić information content (AvgIpc) is 3.11. The highest BCUT2D eigenvalue weighted by Gasteiger charge is 2.25. The molecule has 0 saturated carbocycles. The topological polar surface area (TPSA) is 60.1 Å². The third kappa shape index (κ3) is 2.95. The van der Waals surface area contributed by atoms with Gasteiger partial charge in [-0.3, -0.25) is 4.79 Å². The van der Waals surface area contributed by atoms with Gasteiger partial charge in [0.2, 0.25) is 0 Å². The molecule has 6 heteroatoms. The molecule has 0 fully saturated rings. The van der Waals surface area contributed by atoms with E-state index in [9.17, 15) is 9.18 Å². The molecule has 1 atom stereocenters. The van der Waals surface area contributed by atoms with E-state index < -0.39 is 11.9 Å². The summed E-state index contributed by atoms with van der Waals surface area (Å²) in [6, 6.07) is 7.32. The lowest BCUT2D eigenvalue weighted by molar-refractivity contribution is 0.0939. The van der Waals surface area contributed by atoms with Crippen LogP contribution in [0.1, 0.15) is 39.3 Å². The van der Waals surface area contributed by atoms with Gasteiger partial charge >= 0.3 is 0 Å². The van der Waals surface area contributed by atoms with Gasteiger partial charge in [0.15, 0.2) is 0 Å². The number of furan rings is 1. The summed E-state index contributed by atoms with van der Waals surface area (Å²) in [5.41, 5.74) is 0.793. The molecule has 2 aromatic heterocycles. The first kappa shape index (κ1) is 16.0. The van der Waals surface area contributed by atoms with Crippen LogP contribution in [-0.2, 0) is 7.05 Å². The van der Waals surface area contributed by atoms with Crippen LogP contribution in [0.5, 0.6) is 0 Å². The van der Waals surface area contributed by atoms with Crippen LogP contribution in [0.15, 0.2) is 47.1 Å².